The summed E-state index contributed by atoms with van der Waals surface area (Å²) in [4.78, 5) is 10.5. The van der Waals surface area contributed by atoms with Crippen LogP contribution in [0.25, 0.3) is 6.08 Å². The van der Waals surface area contributed by atoms with Gasteiger partial charge in [-0.15, -0.1) is 0 Å². The van der Waals surface area contributed by atoms with E-state index in [-0.39, 0.29) is 0 Å². The number of hydrogen-bond acceptors (Lipinski definition) is 6. The van der Waals surface area contributed by atoms with Gasteiger partial charge in [-0.3, -0.25) is 0 Å². The van der Waals surface area contributed by atoms with Crippen LogP contribution in [-0.2, 0) is 0 Å². The Hall–Kier alpha value is -1.58. The van der Waals surface area contributed by atoms with Gasteiger partial charge in [-0.25, -0.2) is 9.97 Å². The predicted molar refractivity (Wildman–Crippen MR) is 71.2 cm³/mol. The van der Waals surface area contributed by atoms with Crippen molar-refractivity contribution in [3.63, 3.8) is 0 Å². The van der Waals surface area contributed by atoms with Crippen molar-refractivity contribution in [2.75, 3.05) is 17.7 Å². The third-order valence-electron chi connectivity index (χ3n) is 2.89. The van der Waals surface area contributed by atoms with Crippen molar-refractivity contribution in [3.05, 3.63) is 16.8 Å². The first-order valence-corrected chi connectivity index (χ1v) is 6.83. The zero-order chi connectivity index (χ0) is 13.3. The molecule has 5 nitrogen and oxygen atoms in total. The molecular weight excluding hydrogens is 248 g/mol. The summed E-state index contributed by atoms with van der Waals surface area (Å²) in [6.07, 6.45) is 2.66. The first kappa shape index (κ1) is 12.9. The van der Waals surface area contributed by atoms with Crippen molar-refractivity contribution in [1.29, 1.82) is 5.26 Å². The lowest BCUT2D eigenvalue weighted by molar-refractivity contribution is 0.208. The molecular formula is C12H14N4OS. The van der Waals surface area contributed by atoms with Crippen LogP contribution < -0.4 is 4.90 Å². The van der Waals surface area contributed by atoms with E-state index in [1.165, 1.54) is 11.8 Å². The molecule has 0 saturated heterocycles. The minimum absolute atomic E-state index is 0.327. The SMILES string of the molecule is CCN1c2nc(SC)nc(C)c2C=C(C#N)C1O. The molecule has 0 saturated carbocycles. The summed E-state index contributed by atoms with van der Waals surface area (Å²) in [5, 5.41) is 19.8. The molecule has 1 atom stereocenters. The van der Waals surface area contributed by atoms with Gasteiger partial charge in [-0.2, -0.15) is 5.26 Å². The highest BCUT2D eigenvalue weighted by Crippen LogP contribution is 2.32. The molecule has 18 heavy (non-hydrogen) atoms. The van der Waals surface area contributed by atoms with Crippen LogP contribution in [0.1, 0.15) is 18.2 Å². The van der Waals surface area contributed by atoms with Crippen LogP contribution in [0.5, 0.6) is 0 Å². The molecule has 6 heteroatoms. The maximum Gasteiger partial charge on any atom is 0.189 e. The third kappa shape index (κ3) is 1.96. The van der Waals surface area contributed by atoms with Crippen molar-refractivity contribution >= 4 is 23.7 Å². The van der Waals surface area contributed by atoms with Gasteiger partial charge in [-0.05, 0) is 26.2 Å². The predicted octanol–water partition coefficient (Wildman–Crippen LogP) is 1.57. The van der Waals surface area contributed by atoms with Gasteiger partial charge in [0.1, 0.15) is 5.82 Å². The monoisotopic (exact) mass is 262 g/mol. The summed E-state index contributed by atoms with van der Waals surface area (Å²) in [7, 11) is 0. The van der Waals surface area contributed by atoms with Crippen LogP contribution in [-0.4, -0.2) is 34.1 Å². The molecule has 0 spiro atoms. The summed E-state index contributed by atoms with van der Waals surface area (Å²) >= 11 is 1.46. The molecule has 1 aliphatic rings. The smallest absolute Gasteiger partial charge is 0.189 e. The largest absolute Gasteiger partial charge is 0.369 e. The topological polar surface area (TPSA) is 73.0 Å². The Morgan fingerprint density at radius 2 is 2.28 bits per heavy atom. The molecule has 1 unspecified atom stereocenters. The maximum absolute atomic E-state index is 10.1. The lowest BCUT2D eigenvalue weighted by Crippen LogP contribution is -2.39. The average Bonchev–Trinajstić information content (AvgIpc) is 2.38. The molecule has 2 rings (SSSR count). The fraction of sp³-hybridized carbons (Fsp3) is 0.417. The molecule has 1 aromatic rings. The summed E-state index contributed by atoms with van der Waals surface area (Å²) in [5.74, 6) is 0.695. The number of anilines is 1. The number of rotatable bonds is 2. The number of aromatic nitrogens is 2. The zero-order valence-electron chi connectivity index (χ0n) is 10.5. The summed E-state index contributed by atoms with van der Waals surface area (Å²) in [6, 6.07) is 2.02. The highest BCUT2D eigenvalue weighted by molar-refractivity contribution is 7.98. The van der Waals surface area contributed by atoms with E-state index in [9.17, 15) is 5.11 Å². The Kier molecular flexibility index (Phi) is 3.55. The number of aliphatic hydroxyl groups is 1. The van der Waals surface area contributed by atoms with E-state index in [0.29, 0.717) is 23.1 Å². The van der Waals surface area contributed by atoms with Crippen LogP contribution in [0.2, 0.25) is 0 Å². The average molecular weight is 262 g/mol. The van der Waals surface area contributed by atoms with Crippen molar-refractivity contribution in [3.8, 4) is 6.07 Å². The highest BCUT2D eigenvalue weighted by Gasteiger charge is 2.28. The van der Waals surface area contributed by atoms with E-state index in [1.54, 1.807) is 11.0 Å². The third-order valence-corrected chi connectivity index (χ3v) is 3.44. The van der Waals surface area contributed by atoms with Crippen molar-refractivity contribution < 1.29 is 5.11 Å². The number of fused-ring (bicyclic) bond motifs is 1. The molecule has 1 aliphatic heterocycles. The van der Waals surface area contributed by atoms with Crippen molar-refractivity contribution in [2.24, 2.45) is 0 Å². The van der Waals surface area contributed by atoms with Gasteiger partial charge in [0.05, 0.1) is 17.3 Å². The van der Waals surface area contributed by atoms with Gasteiger partial charge < -0.3 is 10.0 Å². The van der Waals surface area contributed by atoms with E-state index in [1.807, 2.05) is 26.2 Å². The van der Waals surface area contributed by atoms with E-state index in [2.05, 4.69) is 9.97 Å². The minimum atomic E-state index is -0.920. The second kappa shape index (κ2) is 4.96. The van der Waals surface area contributed by atoms with Crippen molar-refractivity contribution in [1.82, 2.24) is 9.97 Å². The summed E-state index contributed by atoms with van der Waals surface area (Å²) in [5.41, 5.74) is 1.96. The molecule has 0 fully saturated rings. The van der Waals surface area contributed by atoms with E-state index in [0.717, 1.165) is 11.3 Å². The Labute approximate surface area is 110 Å². The Morgan fingerprint density at radius 1 is 1.56 bits per heavy atom. The Bertz CT molecular complexity index is 550. The molecule has 1 aromatic heterocycles. The Balaban J connectivity index is 2.66. The van der Waals surface area contributed by atoms with Gasteiger partial charge in [0.2, 0.25) is 0 Å². The molecule has 2 heterocycles. The van der Waals surface area contributed by atoms with Crippen LogP contribution in [0.4, 0.5) is 5.82 Å². The number of nitrogens with zero attached hydrogens (tertiary/aromatic N) is 4. The molecule has 0 radical (unpaired) electrons. The fourth-order valence-corrected chi connectivity index (χ4v) is 2.35. The van der Waals surface area contributed by atoms with E-state index >= 15 is 0 Å². The van der Waals surface area contributed by atoms with Crippen LogP contribution >= 0.6 is 11.8 Å². The first-order chi connectivity index (χ1) is 8.62. The second-order valence-electron chi connectivity index (χ2n) is 3.90. The maximum atomic E-state index is 10.1. The molecule has 0 amide bonds. The number of aliphatic hydroxyl groups excluding tert-OH is 1. The van der Waals surface area contributed by atoms with Gasteiger partial charge >= 0.3 is 0 Å². The second-order valence-corrected chi connectivity index (χ2v) is 4.68. The Morgan fingerprint density at radius 3 is 2.83 bits per heavy atom. The van der Waals surface area contributed by atoms with Crippen LogP contribution in [0.15, 0.2) is 10.7 Å². The molecule has 0 aliphatic carbocycles. The first-order valence-electron chi connectivity index (χ1n) is 5.61. The molecule has 1 N–H and O–H groups in total. The number of thioether (sulfide) groups is 1. The lowest BCUT2D eigenvalue weighted by Gasteiger charge is -2.32. The number of nitriles is 1. The van der Waals surface area contributed by atoms with Crippen LogP contribution in [0.3, 0.4) is 0 Å². The molecule has 0 aromatic carbocycles. The highest BCUT2D eigenvalue weighted by atomic mass is 32.2. The normalized spacial score (nSPS) is 18.1. The summed E-state index contributed by atoms with van der Waals surface area (Å²) < 4.78 is 0. The quantitative estimate of drug-likeness (QED) is 0.644. The summed E-state index contributed by atoms with van der Waals surface area (Å²) in [6.45, 7) is 4.39. The fourth-order valence-electron chi connectivity index (χ4n) is 1.95. The number of likely N-dealkylation sites (N-methyl/N-ethyl adjacent to an activating group) is 1. The van der Waals surface area contributed by atoms with Gasteiger partial charge in [-0.1, -0.05) is 11.8 Å². The van der Waals surface area contributed by atoms with Gasteiger partial charge in [0.25, 0.3) is 0 Å². The number of hydrogen-bond donors (Lipinski definition) is 1. The van der Waals surface area contributed by atoms with Gasteiger partial charge in [0, 0.05) is 12.1 Å². The standard InChI is InChI=1S/C12H14N4OS/c1-4-16-10-9(5-8(6-13)11(16)17)7(2)14-12(15-10)18-3/h5,11,17H,4H2,1-3H3. The zero-order valence-corrected chi connectivity index (χ0v) is 11.3. The van der Waals surface area contributed by atoms with E-state index < -0.39 is 6.23 Å². The van der Waals surface area contributed by atoms with Gasteiger partial charge in [0.15, 0.2) is 11.4 Å². The minimum Gasteiger partial charge on any atom is -0.369 e. The van der Waals surface area contributed by atoms with Crippen molar-refractivity contribution in [2.45, 2.75) is 25.2 Å². The molecule has 94 valence electrons. The molecule has 0 bridgehead atoms. The van der Waals surface area contributed by atoms with E-state index in [4.69, 9.17) is 5.26 Å². The lowest BCUT2D eigenvalue weighted by atomic mass is 10.0. The number of aryl methyl sites for hydroxylation is 1. The van der Waals surface area contributed by atoms with Crippen LogP contribution in [0, 0.1) is 18.3 Å².